The second kappa shape index (κ2) is 3.41. The van der Waals surface area contributed by atoms with E-state index in [1.807, 2.05) is 0 Å². The molecule has 1 N–H and O–H groups in total. The number of hydrogen-bond acceptors (Lipinski definition) is 3. The van der Waals surface area contributed by atoms with E-state index in [0.717, 1.165) is 38.5 Å². The molecule has 3 rings (SSSR count). The molecule has 0 aromatic rings. The third-order valence-electron chi connectivity index (χ3n) is 4.41. The second-order valence-corrected chi connectivity index (χ2v) is 5.27. The van der Waals surface area contributed by atoms with Gasteiger partial charge in [0, 0.05) is 25.3 Å². The summed E-state index contributed by atoms with van der Waals surface area (Å²) in [5.41, 5.74) is 0. The lowest BCUT2D eigenvalue weighted by molar-refractivity contribution is -0.130. The molecule has 2 bridgehead atoms. The number of carbonyl (C=O) groups excluding carboxylic acids is 2. The molecule has 1 aliphatic carbocycles. The Bertz CT molecular complexity index is 313. The van der Waals surface area contributed by atoms with Crippen LogP contribution in [0.25, 0.3) is 0 Å². The van der Waals surface area contributed by atoms with Gasteiger partial charge in [-0.05, 0) is 31.1 Å². The maximum Gasteiger partial charge on any atom is 0.149 e. The number of hydrogen-bond donors (Lipinski definition) is 1. The quantitative estimate of drug-likeness (QED) is 0.646. The van der Waals surface area contributed by atoms with Gasteiger partial charge in [-0.1, -0.05) is 0 Å². The number of fused-ring (bicyclic) bond motifs is 4. The normalized spacial score (nSPS) is 45.1. The Kier molecular flexibility index (Phi) is 2.16. The summed E-state index contributed by atoms with van der Waals surface area (Å²) >= 11 is 0. The van der Waals surface area contributed by atoms with Gasteiger partial charge in [-0.3, -0.25) is 9.59 Å². The first-order valence-electron chi connectivity index (χ1n) is 6.04. The molecule has 15 heavy (non-hydrogen) atoms. The van der Waals surface area contributed by atoms with Gasteiger partial charge in [-0.25, -0.2) is 0 Å². The van der Waals surface area contributed by atoms with E-state index >= 15 is 0 Å². The van der Waals surface area contributed by atoms with Crippen LogP contribution < -0.4 is 5.32 Å². The first kappa shape index (κ1) is 9.52. The molecule has 0 amide bonds. The SMILES string of the molecule is O=C1CCC2C(C1)CC1NC2CCC1=O. The Balaban J connectivity index is 1.81. The van der Waals surface area contributed by atoms with E-state index in [1.165, 1.54) is 0 Å². The highest BCUT2D eigenvalue weighted by Crippen LogP contribution is 2.40. The van der Waals surface area contributed by atoms with Crippen molar-refractivity contribution in [2.24, 2.45) is 11.8 Å². The van der Waals surface area contributed by atoms with E-state index in [4.69, 9.17) is 0 Å². The van der Waals surface area contributed by atoms with Crippen molar-refractivity contribution in [3.05, 3.63) is 0 Å². The average Bonchev–Trinajstić information content (AvgIpc) is 2.23. The summed E-state index contributed by atoms with van der Waals surface area (Å²) in [5, 5.41) is 3.46. The zero-order valence-electron chi connectivity index (χ0n) is 8.87. The van der Waals surface area contributed by atoms with Gasteiger partial charge >= 0.3 is 0 Å². The molecule has 0 aromatic heterocycles. The minimum atomic E-state index is 0.0656. The third kappa shape index (κ3) is 1.53. The van der Waals surface area contributed by atoms with Crippen LogP contribution in [-0.2, 0) is 9.59 Å². The smallest absolute Gasteiger partial charge is 0.149 e. The van der Waals surface area contributed by atoms with Crippen molar-refractivity contribution in [3.8, 4) is 0 Å². The molecule has 2 saturated heterocycles. The van der Waals surface area contributed by atoms with E-state index < -0.39 is 0 Å². The Labute approximate surface area is 89.6 Å². The van der Waals surface area contributed by atoms with Gasteiger partial charge < -0.3 is 5.32 Å². The molecule has 3 heteroatoms. The molecule has 1 saturated carbocycles. The number of piperidine rings is 2. The monoisotopic (exact) mass is 207 g/mol. The first-order valence-corrected chi connectivity index (χ1v) is 6.04. The fraction of sp³-hybridized carbons (Fsp3) is 0.833. The van der Waals surface area contributed by atoms with Crippen molar-refractivity contribution in [3.63, 3.8) is 0 Å². The predicted molar refractivity (Wildman–Crippen MR) is 55.4 cm³/mol. The average molecular weight is 207 g/mol. The van der Waals surface area contributed by atoms with Crippen molar-refractivity contribution >= 4 is 11.6 Å². The standard InChI is InChI=1S/C12H17NO2/c14-8-1-2-9-7(5-8)6-11-12(15)4-3-10(9)13-11/h7,9-11,13H,1-6H2. The summed E-state index contributed by atoms with van der Waals surface area (Å²) in [6, 6.07) is 0.579. The van der Waals surface area contributed by atoms with Gasteiger partial charge in [0.2, 0.25) is 0 Å². The van der Waals surface area contributed by atoms with Gasteiger partial charge in [-0.2, -0.15) is 0 Å². The van der Waals surface area contributed by atoms with E-state index in [-0.39, 0.29) is 6.04 Å². The molecule has 4 unspecified atom stereocenters. The van der Waals surface area contributed by atoms with Crippen LogP contribution in [0.15, 0.2) is 0 Å². The van der Waals surface area contributed by atoms with Crippen LogP contribution in [0.2, 0.25) is 0 Å². The number of Topliss-reactive ketones (excluding diaryl/α,β-unsaturated/α-hetero) is 2. The zero-order valence-corrected chi connectivity index (χ0v) is 8.87. The molecule has 0 aromatic carbocycles. The lowest BCUT2D eigenvalue weighted by atomic mass is 9.66. The van der Waals surface area contributed by atoms with Crippen LogP contribution in [0.1, 0.15) is 38.5 Å². The maximum atomic E-state index is 11.6. The van der Waals surface area contributed by atoms with Crippen LogP contribution in [-0.4, -0.2) is 23.7 Å². The third-order valence-corrected chi connectivity index (χ3v) is 4.41. The highest BCUT2D eigenvalue weighted by atomic mass is 16.1. The van der Waals surface area contributed by atoms with Crippen molar-refractivity contribution in [2.75, 3.05) is 0 Å². The van der Waals surface area contributed by atoms with Crippen molar-refractivity contribution in [2.45, 2.75) is 50.6 Å². The second-order valence-electron chi connectivity index (χ2n) is 5.27. The van der Waals surface area contributed by atoms with Gasteiger partial charge in [0.1, 0.15) is 11.6 Å². The van der Waals surface area contributed by atoms with Crippen LogP contribution in [0.5, 0.6) is 0 Å². The lowest BCUT2D eigenvalue weighted by Crippen LogP contribution is -2.59. The molecule has 82 valence electrons. The van der Waals surface area contributed by atoms with Crippen LogP contribution in [0, 0.1) is 11.8 Å². The molecule has 3 aliphatic rings. The summed E-state index contributed by atoms with van der Waals surface area (Å²) in [4.78, 5) is 23.0. The van der Waals surface area contributed by atoms with Crippen LogP contribution in [0.3, 0.4) is 0 Å². The van der Waals surface area contributed by atoms with Crippen molar-refractivity contribution in [1.82, 2.24) is 5.32 Å². The molecule has 3 nitrogen and oxygen atoms in total. The molecular weight excluding hydrogens is 190 g/mol. The number of rotatable bonds is 0. The number of nitrogens with one attached hydrogen (secondary N) is 1. The van der Waals surface area contributed by atoms with Crippen molar-refractivity contribution in [1.29, 1.82) is 0 Å². The number of carbonyl (C=O) groups is 2. The zero-order chi connectivity index (χ0) is 10.4. The fourth-order valence-electron chi connectivity index (χ4n) is 3.64. The highest BCUT2D eigenvalue weighted by Gasteiger charge is 2.44. The molecule has 2 heterocycles. The molecule has 4 atom stereocenters. The molecule has 2 aliphatic heterocycles. The van der Waals surface area contributed by atoms with Crippen LogP contribution in [0.4, 0.5) is 0 Å². The van der Waals surface area contributed by atoms with Gasteiger partial charge in [-0.15, -0.1) is 0 Å². The van der Waals surface area contributed by atoms with E-state index in [2.05, 4.69) is 5.32 Å². The number of ketones is 2. The summed E-state index contributed by atoms with van der Waals surface area (Å²) in [7, 11) is 0. The minimum absolute atomic E-state index is 0.0656. The Hall–Kier alpha value is -0.700. The van der Waals surface area contributed by atoms with Gasteiger partial charge in [0.25, 0.3) is 0 Å². The maximum absolute atomic E-state index is 11.6. The van der Waals surface area contributed by atoms with Crippen LogP contribution >= 0.6 is 0 Å². The van der Waals surface area contributed by atoms with Crippen molar-refractivity contribution < 1.29 is 9.59 Å². The lowest BCUT2D eigenvalue weighted by Gasteiger charge is -2.47. The Morgan fingerprint density at radius 1 is 1.13 bits per heavy atom. The molecule has 0 spiro atoms. The summed E-state index contributed by atoms with van der Waals surface area (Å²) < 4.78 is 0. The van der Waals surface area contributed by atoms with E-state index in [0.29, 0.717) is 29.4 Å². The summed E-state index contributed by atoms with van der Waals surface area (Å²) in [6.07, 6.45) is 5.18. The molecule has 3 fully saturated rings. The predicted octanol–water partition coefficient (Wildman–Crippen LogP) is 1.07. The largest absolute Gasteiger partial charge is 0.304 e. The fourth-order valence-corrected chi connectivity index (χ4v) is 3.64. The van der Waals surface area contributed by atoms with E-state index in [1.54, 1.807) is 0 Å². The van der Waals surface area contributed by atoms with Gasteiger partial charge in [0.05, 0.1) is 6.04 Å². The minimum Gasteiger partial charge on any atom is -0.304 e. The Morgan fingerprint density at radius 2 is 2.00 bits per heavy atom. The molecule has 0 radical (unpaired) electrons. The summed E-state index contributed by atoms with van der Waals surface area (Å²) in [6.45, 7) is 0. The first-order chi connectivity index (χ1) is 7.24. The van der Waals surface area contributed by atoms with E-state index in [9.17, 15) is 9.59 Å². The summed E-state index contributed by atoms with van der Waals surface area (Å²) in [5.74, 6) is 1.92. The topological polar surface area (TPSA) is 46.2 Å². The Morgan fingerprint density at radius 3 is 2.87 bits per heavy atom. The highest BCUT2D eigenvalue weighted by molar-refractivity contribution is 5.85. The molecular formula is C12H17NO2. The van der Waals surface area contributed by atoms with Gasteiger partial charge in [0.15, 0.2) is 0 Å².